The van der Waals surface area contributed by atoms with Crippen LogP contribution in [0.15, 0.2) is 36.7 Å². The second-order valence-electron chi connectivity index (χ2n) is 3.71. The molecule has 1 atom stereocenters. The average Bonchev–Trinajstić information content (AvgIpc) is 2.39. The first kappa shape index (κ1) is 15.3. The fourth-order valence-corrected chi connectivity index (χ4v) is 1.98. The van der Waals surface area contributed by atoms with Crippen molar-refractivity contribution in [1.29, 1.82) is 0 Å². The molecule has 0 aliphatic rings. The first-order valence-electron chi connectivity index (χ1n) is 5.41. The Kier molecular flexibility index (Phi) is 5.59. The Morgan fingerprint density at radius 1 is 1.21 bits per heavy atom. The number of benzene rings is 1. The number of nitrogens with zero attached hydrogens (tertiary/aromatic N) is 2. The van der Waals surface area contributed by atoms with Gasteiger partial charge in [0.05, 0.1) is 0 Å². The highest BCUT2D eigenvalue weighted by Crippen LogP contribution is 2.23. The third kappa shape index (κ3) is 3.84. The van der Waals surface area contributed by atoms with Crippen molar-refractivity contribution in [1.82, 2.24) is 9.97 Å². The Balaban J connectivity index is 0.00000180. The van der Waals surface area contributed by atoms with Crippen molar-refractivity contribution < 1.29 is 4.21 Å². The van der Waals surface area contributed by atoms with Crippen molar-refractivity contribution in [2.45, 2.75) is 14.0 Å². The van der Waals surface area contributed by atoms with Gasteiger partial charge in [0, 0.05) is 30.8 Å². The Morgan fingerprint density at radius 3 is 2.42 bits per heavy atom. The smallest absolute Gasteiger partial charge is 0.164 e. The molecule has 0 saturated carbocycles. The van der Waals surface area contributed by atoms with Crippen molar-refractivity contribution in [3.8, 4) is 11.3 Å². The second-order valence-corrected chi connectivity index (χ2v) is 4.82. The molecule has 5 nitrogen and oxygen atoms in total. The molecule has 1 heterocycles. The first-order chi connectivity index (χ1) is 8.70. The molecule has 0 fully saturated rings. The lowest BCUT2D eigenvalue weighted by Crippen LogP contribution is -2.05. The van der Waals surface area contributed by atoms with E-state index in [1.807, 2.05) is 24.3 Å². The highest BCUT2D eigenvalue weighted by atomic mass is 32.2. The molecule has 0 saturated heterocycles. The Hall–Kier alpha value is -1.79. The van der Waals surface area contributed by atoms with Gasteiger partial charge in [-0.15, -0.1) is 0 Å². The zero-order chi connectivity index (χ0) is 13.0. The van der Waals surface area contributed by atoms with Crippen LogP contribution >= 0.6 is 0 Å². The molecular formula is C13H18N4OS. The lowest BCUT2D eigenvalue weighted by atomic mass is 10.1. The second kappa shape index (κ2) is 6.96. The highest BCUT2D eigenvalue weighted by Gasteiger charge is 2.08. The molecule has 0 aliphatic heterocycles. The van der Waals surface area contributed by atoms with Gasteiger partial charge in [-0.05, 0) is 5.56 Å². The topological polar surface area (TPSA) is 80.9 Å². The summed E-state index contributed by atoms with van der Waals surface area (Å²) >= 11 is 0. The lowest BCUT2D eigenvalue weighted by Gasteiger charge is -2.08. The van der Waals surface area contributed by atoms with Gasteiger partial charge in [-0.25, -0.2) is 9.19 Å². The minimum absolute atomic E-state index is 0. The van der Waals surface area contributed by atoms with E-state index in [4.69, 9.17) is 5.73 Å². The van der Waals surface area contributed by atoms with Crippen LogP contribution < -0.4 is 10.5 Å². The standard InChI is InChI=1S/C12H14N4OS.CH4/c1-18(17)16-12-11(14-6-7-15-12)10-4-2-9(8-13)3-5-10;/h2-7H,8,13H2,1H3,(H,15,16);1H4. The molecular weight excluding hydrogens is 260 g/mol. The molecule has 2 aromatic rings. The summed E-state index contributed by atoms with van der Waals surface area (Å²) in [5.41, 5.74) is 8.19. The summed E-state index contributed by atoms with van der Waals surface area (Å²) < 4.78 is 14.0. The van der Waals surface area contributed by atoms with Crippen LogP contribution in [0.4, 0.5) is 5.82 Å². The van der Waals surface area contributed by atoms with E-state index in [1.165, 1.54) is 0 Å². The molecule has 0 radical (unpaired) electrons. The van der Waals surface area contributed by atoms with Gasteiger partial charge in [0.25, 0.3) is 0 Å². The molecule has 1 aromatic carbocycles. The highest BCUT2D eigenvalue weighted by molar-refractivity contribution is 7.85. The minimum Gasteiger partial charge on any atom is -0.326 e. The molecule has 0 amide bonds. The van der Waals surface area contributed by atoms with Gasteiger partial charge in [-0.2, -0.15) is 0 Å². The monoisotopic (exact) mass is 278 g/mol. The first-order valence-corrected chi connectivity index (χ1v) is 6.97. The SMILES string of the molecule is C.CS(=O)Nc1nccnc1-c1ccc(CN)cc1. The molecule has 0 spiro atoms. The van der Waals surface area contributed by atoms with E-state index in [1.54, 1.807) is 18.6 Å². The fraction of sp³-hybridized carbons (Fsp3) is 0.231. The van der Waals surface area contributed by atoms with Crippen LogP contribution in [-0.2, 0) is 17.5 Å². The van der Waals surface area contributed by atoms with E-state index in [0.29, 0.717) is 18.1 Å². The van der Waals surface area contributed by atoms with Crippen molar-refractivity contribution in [3.05, 3.63) is 42.2 Å². The van der Waals surface area contributed by atoms with E-state index >= 15 is 0 Å². The number of hydrogen-bond donors (Lipinski definition) is 2. The third-order valence-corrected chi connectivity index (χ3v) is 2.88. The largest absolute Gasteiger partial charge is 0.326 e. The van der Waals surface area contributed by atoms with Crippen LogP contribution in [0.2, 0.25) is 0 Å². The molecule has 6 heteroatoms. The van der Waals surface area contributed by atoms with E-state index in [2.05, 4.69) is 14.7 Å². The molecule has 1 unspecified atom stereocenters. The van der Waals surface area contributed by atoms with Gasteiger partial charge < -0.3 is 5.73 Å². The quantitative estimate of drug-likeness (QED) is 0.895. The molecule has 102 valence electrons. The predicted octanol–water partition coefficient (Wildman–Crippen LogP) is 1.94. The van der Waals surface area contributed by atoms with Gasteiger partial charge in [0.1, 0.15) is 16.7 Å². The van der Waals surface area contributed by atoms with E-state index < -0.39 is 11.0 Å². The number of nitrogens with two attached hydrogens (primary N) is 1. The molecule has 2 rings (SSSR count). The maximum Gasteiger partial charge on any atom is 0.164 e. The number of hydrogen-bond acceptors (Lipinski definition) is 4. The van der Waals surface area contributed by atoms with Gasteiger partial charge in [0.15, 0.2) is 5.82 Å². The summed E-state index contributed by atoms with van der Waals surface area (Å²) in [6, 6.07) is 7.74. The molecule has 0 aliphatic carbocycles. The summed E-state index contributed by atoms with van der Waals surface area (Å²) in [5.74, 6) is 0.513. The van der Waals surface area contributed by atoms with Crippen LogP contribution in [-0.4, -0.2) is 20.4 Å². The lowest BCUT2D eigenvalue weighted by molar-refractivity contribution is 0.689. The van der Waals surface area contributed by atoms with Crippen molar-refractivity contribution in [2.24, 2.45) is 5.73 Å². The van der Waals surface area contributed by atoms with Gasteiger partial charge in [0.2, 0.25) is 0 Å². The maximum absolute atomic E-state index is 11.2. The zero-order valence-electron chi connectivity index (χ0n) is 9.96. The van der Waals surface area contributed by atoms with Crippen LogP contribution in [0.25, 0.3) is 11.3 Å². The van der Waals surface area contributed by atoms with E-state index in [-0.39, 0.29) is 7.43 Å². The van der Waals surface area contributed by atoms with Gasteiger partial charge in [-0.3, -0.25) is 9.71 Å². The van der Waals surface area contributed by atoms with Crippen molar-refractivity contribution in [3.63, 3.8) is 0 Å². The summed E-state index contributed by atoms with van der Waals surface area (Å²) in [5, 5.41) is 0. The van der Waals surface area contributed by atoms with Gasteiger partial charge in [-0.1, -0.05) is 31.7 Å². The third-order valence-electron chi connectivity index (χ3n) is 2.40. The Labute approximate surface area is 115 Å². The van der Waals surface area contributed by atoms with Crippen molar-refractivity contribution in [2.75, 3.05) is 11.0 Å². The van der Waals surface area contributed by atoms with Crippen LogP contribution in [0.5, 0.6) is 0 Å². The van der Waals surface area contributed by atoms with Crippen molar-refractivity contribution >= 4 is 16.8 Å². The van der Waals surface area contributed by atoms with Crippen LogP contribution in [0.3, 0.4) is 0 Å². The molecule has 0 bridgehead atoms. The zero-order valence-corrected chi connectivity index (χ0v) is 10.8. The maximum atomic E-state index is 11.2. The molecule has 1 aromatic heterocycles. The number of anilines is 1. The summed E-state index contributed by atoms with van der Waals surface area (Å²) in [7, 11) is -1.18. The van der Waals surface area contributed by atoms with Crippen LogP contribution in [0.1, 0.15) is 13.0 Å². The molecule has 3 N–H and O–H groups in total. The van der Waals surface area contributed by atoms with E-state index in [0.717, 1.165) is 11.1 Å². The Bertz CT molecular complexity index is 557. The number of aromatic nitrogens is 2. The summed E-state index contributed by atoms with van der Waals surface area (Å²) in [6.45, 7) is 0.505. The molecule has 19 heavy (non-hydrogen) atoms. The minimum atomic E-state index is -1.18. The van der Waals surface area contributed by atoms with Gasteiger partial charge >= 0.3 is 0 Å². The Morgan fingerprint density at radius 2 is 1.84 bits per heavy atom. The number of rotatable bonds is 4. The fourth-order valence-electron chi connectivity index (χ4n) is 1.56. The van der Waals surface area contributed by atoms with E-state index in [9.17, 15) is 4.21 Å². The summed E-state index contributed by atoms with van der Waals surface area (Å²) in [6.07, 6.45) is 4.72. The normalized spacial score (nSPS) is 11.5. The average molecular weight is 278 g/mol. The summed E-state index contributed by atoms with van der Waals surface area (Å²) in [4.78, 5) is 8.41. The van der Waals surface area contributed by atoms with Crippen LogP contribution in [0, 0.1) is 0 Å². The number of nitrogens with one attached hydrogen (secondary N) is 1. The predicted molar refractivity (Wildman–Crippen MR) is 79.8 cm³/mol.